The molecule has 1 aliphatic heterocycles. The molecule has 1 fully saturated rings. The maximum Gasteiger partial charge on any atom is 0.573 e. The van der Waals surface area contributed by atoms with Crippen LogP contribution in [0.25, 0.3) is 10.2 Å². The van der Waals surface area contributed by atoms with Gasteiger partial charge < -0.3 is 14.2 Å². The molecule has 13 heteroatoms. The molecule has 1 N–H and O–H groups in total. The summed E-state index contributed by atoms with van der Waals surface area (Å²) in [6, 6.07) is 12.0. The number of fused-ring (bicyclic) bond motifs is 1. The largest absolute Gasteiger partial charge is 0.573 e. The van der Waals surface area contributed by atoms with Gasteiger partial charge in [0.15, 0.2) is 4.80 Å². The highest BCUT2D eigenvalue weighted by Crippen LogP contribution is 2.28. The molecule has 1 saturated heterocycles. The van der Waals surface area contributed by atoms with E-state index < -0.39 is 6.36 Å². The second-order valence-corrected chi connectivity index (χ2v) is 8.51. The average Bonchev–Trinajstić information content (AvgIpc) is 3.00. The van der Waals surface area contributed by atoms with E-state index in [1.165, 1.54) is 12.1 Å². The molecule has 0 radical (unpaired) electrons. The van der Waals surface area contributed by atoms with Crippen LogP contribution in [0.5, 0.6) is 5.75 Å². The number of nitrogens with one attached hydrogen (secondary N) is 1. The molecule has 0 atom stereocenters. The minimum absolute atomic E-state index is 0. The third-order valence-electron chi connectivity index (χ3n) is 5.09. The molecule has 184 valence electrons. The van der Waals surface area contributed by atoms with Crippen LogP contribution in [0.4, 0.5) is 18.9 Å². The van der Waals surface area contributed by atoms with Gasteiger partial charge in [-0.05, 0) is 36.4 Å². The summed E-state index contributed by atoms with van der Waals surface area (Å²) in [5.74, 6) is -0.263. The van der Waals surface area contributed by atoms with Crippen molar-refractivity contribution in [2.75, 3.05) is 37.6 Å². The summed E-state index contributed by atoms with van der Waals surface area (Å²) in [6.45, 7) is 4.95. The number of alkyl halides is 3. The van der Waals surface area contributed by atoms with Crippen molar-refractivity contribution in [2.45, 2.75) is 12.9 Å². The topological polar surface area (TPSA) is 44.5 Å². The highest BCUT2D eigenvalue weighted by Gasteiger charge is 2.31. The van der Waals surface area contributed by atoms with Crippen molar-refractivity contribution in [2.24, 2.45) is 0 Å². The maximum atomic E-state index is 12.4. The first-order chi connectivity index (χ1) is 14.3. The van der Waals surface area contributed by atoms with Gasteiger partial charge in [0.2, 0.25) is 0 Å². The molecule has 4 rings (SSSR count). The summed E-state index contributed by atoms with van der Waals surface area (Å²) >= 11 is 7.23. The maximum absolute atomic E-state index is 12.4. The number of aromatic nitrogens is 1. The van der Waals surface area contributed by atoms with Gasteiger partial charge in [-0.25, -0.2) is 0 Å². The van der Waals surface area contributed by atoms with E-state index in [2.05, 4.69) is 20.6 Å². The predicted molar refractivity (Wildman–Crippen MR) is 134 cm³/mol. The fourth-order valence-corrected chi connectivity index (χ4v) is 4.78. The molecule has 5 nitrogen and oxygen atoms in total. The van der Waals surface area contributed by atoms with Gasteiger partial charge in [-0.2, -0.15) is 0 Å². The van der Waals surface area contributed by atoms with Gasteiger partial charge in [0.25, 0.3) is 0 Å². The molecule has 33 heavy (non-hydrogen) atoms. The van der Waals surface area contributed by atoms with E-state index in [1.54, 1.807) is 6.07 Å². The van der Waals surface area contributed by atoms with Crippen molar-refractivity contribution in [1.82, 2.24) is 9.47 Å². The zero-order chi connectivity index (χ0) is 21.3. The molecule has 0 aliphatic carbocycles. The molecular weight excluding hydrogens is 543 g/mol. The number of hydrogen-bond donors (Lipinski definition) is 1. The Morgan fingerprint density at radius 3 is 2.30 bits per heavy atom. The summed E-state index contributed by atoms with van der Waals surface area (Å²) in [7, 11) is 0. The zero-order valence-corrected chi connectivity index (χ0v) is 21.2. The quantitative estimate of drug-likeness (QED) is 0.424. The Balaban J connectivity index is 0.00000181. The molecule has 1 aliphatic rings. The molecule has 2 aromatic carbocycles. The number of anilines is 1. The standard InChI is InChI=1S/C20H20ClF3N4OS.3ClH/c21-14-2-1-3-15(12-14)27-9-6-26(7-10-27)8-11-28-17-5-4-16(29-20(22,23)24)13-18(17)30-19(28)25;;;/h1-5,12-13,25H,6-11H2;3*1H. The normalized spacial score (nSPS) is 14.2. The Morgan fingerprint density at radius 1 is 0.970 bits per heavy atom. The van der Waals surface area contributed by atoms with E-state index in [9.17, 15) is 13.2 Å². The third kappa shape index (κ3) is 7.56. The number of benzene rings is 2. The van der Waals surface area contributed by atoms with E-state index in [4.69, 9.17) is 17.0 Å². The molecule has 0 bridgehead atoms. The molecule has 0 spiro atoms. The second-order valence-electron chi connectivity index (χ2n) is 7.04. The number of rotatable bonds is 5. The summed E-state index contributed by atoms with van der Waals surface area (Å²) in [5, 5.41) is 8.93. The van der Waals surface area contributed by atoms with E-state index in [1.807, 2.05) is 22.8 Å². The number of hydrogen-bond acceptors (Lipinski definition) is 5. The number of nitrogens with zero attached hydrogens (tertiary/aromatic N) is 3. The highest BCUT2D eigenvalue weighted by atomic mass is 35.5. The van der Waals surface area contributed by atoms with Crippen molar-refractivity contribution in [3.63, 3.8) is 0 Å². The molecule has 0 saturated carbocycles. The summed E-state index contributed by atoms with van der Waals surface area (Å²) in [5.41, 5.74) is 1.86. The van der Waals surface area contributed by atoms with Gasteiger partial charge in [-0.3, -0.25) is 10.3 Å². The summed E-state index contributed by atoms with van der Waals surface area (Å²) < 4.78 is 43.7. The van der Waals surface area contributed by atoms with E-state index in [0.29, 0.717) is 16.0 Å². The molecule has 1 aromatic heterocycles. The zero-order valence-electron chi connectivity index (χ0n) is 17.2. The van der Waals surface area contributed by atoms with E-state index >= 15 is 0 Å². The monoisotopic (exact) mass is 564 g/mol. The minimum Gasteiger partial charge on any atom is -0.406 e. The van der Waals surface area contributed by atoms with E-state index in [0.717, 1.165) is 60.3 Å². The Morgan fingerprint density at radius 2 is 1.67 bits per heavy atom. The van der Waals surface area contributed by atoms with Crippen molar-refractivity contribution in [1.29, 1.82) is 5.41 Å². The number of ether oxygens (including phenoxy) is 1. The number of thiazole rings is 1. The van der Waals surface area contributed by atoms with Crippen LogP contribution in [0.2, 0.25) is 5.02 Å². The number of halogens is 7. The lowest BCUT2D eigenvalue weighted by atomic mass is 10.2. The lowest BCUT2D eigenvalue weighted by molar-refractivity contribution is -0.274. The van der Waals surface area contributed by atoms with Crippen LogP contribution in [0.1, 0.15) is 0 Å². The minimum atomic E-state index is -4.72. The molecule has 0 amide bonds. The Kier molecular flexibility index (Phi) is 11.1. The van der Waals surface area contributed by atoms with Crippen molar-refractivity contribution in [3.05, 3.63) is 52.3 Å². The van der Waals surface area contributed by atoms with Crippen LogP contribution in [0.15, 0.2) is 42.5 Å². The first-order valence-corrected chi connectivity index (χ1v) is 10.6. The molecule has 0 unspecified atom stereocenters. The van der Waals surface area contributed by atoms with E-state index in [-0.39, 0.29) is 43.0 Å². The van der Waals surface area contributed by atoms with Gasteiger partial charge in [0, 0.05) is 50.0 Å². The summed E-state index contributed by atoms with van der Waals surface area (Å²) in [4.78, 5) is 4.94. The van der Waals surface area contributed by atoms with Crippen LogP contribution in [-0.2, 0) is 6.54 Å². The Labute approximate surface area is 216 Å². The molecule has 2 heterocycles. The summed E-state index contributed by atoms with van der Waals surface area (Å²) in [6.07, 6.45) is -4.72. The first kappa shape index (κ1) is 29.7. The third-order valence-corrected chi connectivity index (χ3v) is 6.29. The van der Waals surface area contributed by atoms with Crippen LogP contribution < -0.4 is 14.4 Å². The Hall–Kier alpha value is -1.36. The van der Waals surface area contributed by atoms with Gasteiger partial charge in [0.05, 0.1) is 10.2 Å². The van der Waals surface area contributed by atoms with Gasteiger partial charge in [0.1, 0.15) is 5.75 Å². The highest BCUT2D eigenvalue weighted by molar-refractivity contribution is 7.16. The van der Waals surface area contributed by atoms with Crippen molar-refractivity contribution in [3.8, 4) is 5.75 Å². The van der Waals surface area contributed by atoms with Crippen molar-refractivity contribution >= 4 is 76.1 Å². The second kappa shape index (κ2) is 12.4. The number of piperazine rings is 1. The predicted octanol–water partition coefficient (Wildman–Crippen LogP) is 5.82. The van der Waals surface area contributed by atoms with Gasteiger partial charge in [-0.1, -0.05) is 29.0 Å². The SMILES string of the molecule is Cl.Cl.Cl.N=c1sc2cc(OC(F)(F)F)ccc2n1CCN1CCN(c2cccc(Cl)c2)CC1. The fraction of sp³-hybridized carbons (Fsp3) is 0.350. The van der Waals surface area contributed by atoms with Crippen molar-refractivity contribution < 1.29 is 17.9 Å². The van der Waals surface area contributed by atoms with Gasteiger partial charge >= 0.3 is 6.36 Å². The lowest BCUT2D eigenvalue weighted by Crippen LogP contribution is -2.47. The van der Waals surface area contributed by atoms with Crippen LogP contribution in [-0.4, -0.2) is 48.6 Å². The first-order valence-electron chi connectivity index (χ1n) is 9.45. The molecule has 3 aromatic rings. The van der Waals surface area contributed by atoms with Crippen LogP contribution >= 0.6 is 60.2 Å². The van der Waals surface area contributed by atoms with Crippen LogP contribution in [0, 0.1) is 5.41 Å². The van der Waals surface area contributed by atoms with Crippen LogP contribution in [0.3, 0.4) is 0 Å². The lowest BCUT2D eigenvalue weighted by Gasteiger charge is -2.36. The smallest absolute Gasteiger partial charge is 0.406 e. The van der Waals surface area contributed by atoms with Gasteiger partial charge in [-0.15, -0.1) is 50.4 Å². The molecular formula is C20H23Cl4F3N4OS. The Bertz CT molecular complexity index is 1100. The average molecular weight is 566 g/mol. The fourth-order valence-electron chi connectivity index (χ4n) is 3.63.